The van der Waals surface area contributed by atoms with Gasteiger partial charge in [-0.05, 0) is 25.0 Å². The predicted octanol–water partition coefficient (Wildman–Crippen LogP) is 2.71. The Morgan fingerprint density at radius 3 is 1.85 bits per heavy atom. The maximum absolute atomic E-state index is 11.9. The van der Waals surface area contributed by atoms with Crippen molar-refractivity contribution in [2.45, 2.75) is 31.7 Å². The van der Waals surface area contributed by atoms with Gasteiger partial charge in [-0.3, -0.25) is 0 Å². The van der Waals surface area contributed by atoms with Crippen molar-refractivity contribution in [2.24, 2.45) is 5.73 Å². The fourth-order valence-corrected chi connectivity index (χ4v) is 1.37. The van der Waals surface area contributed by atoms with Crippen LogP contribution in [0.3, 0.4) is 0 Å². The first-order chi connectivity index (χ1) is 6.29. The van der Waals surface area contributed by atoms with E-state index in [9.17, 15) is 4.39 Å². The molecule has 1 aromatic carbocycles. The minimum absolute atomic E-state index is 0.178. The van der Waals surface area contributed by atoms with Gasteiger partial charge < -0.3 is 5.73 Å². The average Bonchev–Trinajstić information content (AvgIpc) is 2.58. The smallest absolute Gasteiger partial charge is 0.123 e. The average molecular weight is 181 g/mol. The third kappa shape index (κ3) is 4.63. The summed E-state index contributed by atoms with van der Waals surface area (Å²) in [7, 11) is 0. The number of rotatable bonds is 0. The zero-order chi connectivity index (χ0) is 9.52. The minimum atomic E-state index is -0.178. The lowest BCUT2D eigenvalue weighted by Gasteiger charge is -1.92. The summed E-state index contributed by atoms with van der Waals surface area (Å²) < 4.78 is 11.9. The molecule has 13 heavy (non-hydrogen) atoms. The highest BCUT2D eigenvalue weighted by Gasteiger charge is 2.07. The maximum Gasteiger partial charge on any atom is 0.123 e. The summed E-state index contributed by atoms with van der Waals surface area (Å²) in [5, 5.41) is 0. The minimum Gasteiger partial charge on any atom is -0.328 e. The lowest BCUT2D eigenvalue weighted by molar-refractivity contribution is 0.628. The van der Waals surface area contributed by atoms with E-state index in [1.165, 1.54) is 37.8 Å². The molecular weight excluding hydrogens is 165 g/mol. The number of hydrogen-bond acceptors (Lipinski definition) is 1. The molecular formula is C11H16FN. The van der Waals surface area contributed by atoms with Crippen molar-refractivity contribution in [1.29, 1.82) is 0 Å². The summed E-state index contributed by atoms with van der Waals surface area (Å²) in [5.74, 6) is -0.178. The molecule has 1 fully saturated rings. The summed E-state index contributed by atoms with van der Waals surface area (Å²) >= 11 is 0. The molecule has 0 heterocycles. The highest BCUT2D eigenvalue weighted by atomic mass is 19.1. The van der Waals surface area contributed by atoms with E-state index in [0.29, 0.717) is 6.04 Å². The molecule has 0 saturated heterocycles. The molecule has 2 heteroatoms. The first-order valence-electron chi connectivity index (χ1n) is 4.75. The summed E-state index contributed by atoms with van der Waals surface area (Å²) in [5.41, 5.74) is 5.53. The third-order valence-corrected chi connectivity index (χ3v) is 2.13. The van der Waals surface area contributed by atoms with Gasteiger partial charge in [0.25, 0.3) is 0 Å². The van der Waals surface area contributed by atoms with Gasteiger partial charge in [-0.1, -0.05) is 31.0 Å². The molecule has 1 nitrogen and oxygen atoms in total. The van der Waals surface area contributed by atoms with E-state index < -0.39 is 0 Å². The molecule has 0 aromatic heterocycles. The van der Waals surface area contributed by atoms with Crippen LogP contribution in [0.1, 0.15) is 25.7 Å². The van der Waals surface area contributed by atoms with Crippen LogP contribution in [-0.4, -0.2) is 6.04 Å². The molecule has 0 unspecified atom stereocenters. The zero-order valence-corrected chi connectivity index (χ0v) is 7.75. The molecule has 1 aliphatic rings. The van der Waals surface area contributed by atoms with Crippen molar-refractivity contribution in [3.05, 3.63) is 36.1 Å². The van der Waals surface area contributed by atoms with E-state index in [1.807, 2.05) is 0 Å². The van der Waals surface area contributed by atoms with Gasteiger partial charge >= 0.3 is 0 Å². The topological polar surface area (TPSA) is 26.0 Å². The Hall–Kier alpha value is -0.890. The predicted molar refractivity (Wildman–Crippen MR) is 52.8 cm³/mol. The zero-order valence-electron chi connectivity index (χ0n) is 7.75. The highest BCUT2D eigenvalue weighted by molar-refractivity contribution is 5.02. The second-order valence-corrected chi connectivity index (χ2v) is 3.34. The maximum atomic E-state index is 11.9. The molecule has 1 aliphatic carbocycles. The van der Waals surface area contributed by atoms with Crippen LogP contribution in [0, 0.1) is 5.82 Å². The lowest BCUT2D eigenvalue weighted by atomic mass is 10.3. The van der Waals surface area contributed by atoms with E-state index >= 15 is 0 Å². The molecule has 0 atom stereocenters. The molecule has 72 valence electrons. The largest absolute Gasteiger partial charge is 0.328 e. The molecule has 1 aromatic rings. The van der Waals surface area contributed by atoms with Crippen molar-refractivity contribution in [1.82, 2.24) is 0 Å². The summed E-state index contributed by atoms with van der Waals surface area (Å²) in [6, 6.07) is 8.48. The SMILES string of the molecule is Fc1ccccc1.NC1CCCC1. The van der Waals surface area contributed by atoms with Gasteiger partial charge in [0.15, 0.2) is 0 Å². The highest BCUT2D eigenvalue weighted by Crippen LogP contribution is 2.14. The third-order valence-electron chi connectivity index (χ3n) is 2.13. The van der Waals surface area contributed by atoms with Crippen molar-refractivity contribution < 1.29 is 4.39 Å². The van der Waals surface area contributed by atoms with Crippen molar-refractivity contribution in [3.63, 3.8) is 0 Å². The number of benzene rings is 1. The first-order valence-corrected chi connectivity index (χ1v) is 4.75. The number of nitrogens with two attached hydrogens (primary N) is 1. The molecule has 2 N–H and O–H groups in total. The Kier molecular flexibility index (Phi) is 4.47. The quantitative estimate of drug-likeness (QED) is 0.654. The van der Waals surface area contributed by atoms with Crippen LogP contribution < -0.4 is 5.73 Å². The number of halogens is 1. The van der Waals surface area contributed by atoms with Crippen molar-refractivity contribution in [2.75, 3.05) is 0 Å². The Morgan fingerprint density at radius 1 is 1.08 bits per heavy atom. The van der Waals surface area contributed by atoms with E-state index in [2.05, 4.69) is 0 Å². The van der Waals surface area contributed by atoms with Crippen molar-refractivity contribution in [3.8, 4) is 0 Å². The van der Waals surface area contributed by atoms with Crippen LogP contribution in [0.15, 0.2) is 30.3 Å². The standard InChI is InChI=1S/C6H5F.C5H11N/c7-6-4-2-1-3-5-6;6-5-3-1-2-4-5/h1-5H;5H,1-4,6H2. The molecule has 0 radical (unpaired) electrons. The fraction of sp³-hybridized carbons (Fsp3) is 0.455. The van der Waals surface area contributed by atoms with Gasteiger partial charge in [0.2, 0.25) is 0 Å². The Balaban J connectivity index is 0.000000132. The van der Waals surface area contributed by atoms with Gasteiger partial charge in [0, 0.05) is 6.04 Å². The molecule has 0 spiro atoms. The molecule has 2 rings (SSSR count). The van der Waals surface area contributed by atoms with Crippen LogP contribution in [0.4, 0.5) is 4.39 Å². The van der Waals surface area contributed by atoms with Gasteiger partial charge in [-0.25, -0.2) is 4.39 Å². The van der Waals surface area contributed by atoms with Crippen LogP contribution in [0.25, 0.3) is 0 Å². The van der Waals surface area contributed by atoms with E-state index in [4.69, 9.17) is 5.73 Å². The molecule has 1 saturated carbocycles. The van der Waals surface area contributed by atoms with Gasteiger partial charge in [-0.15, -0.1) is 0 Å². The first kappa shape index (κ1) is 10.2. The van der Waals surface area contributed by atoms with E-state index in [1.54, 1.807) is 18.2 Å². The van der Waals surface area contributed by atoms with Crippen LogP contribution in [0.5, 0.6) is 0 Å². The Bertz CT molecular complexity index is 217. The summed E-state index contributed by atoms with van der Waals surface area (Å²) in [6.07, 6.45) is 5.25. The molecule has 0 bridgehead atoms. The number of hydrogen-bond donors (Lipinski definition) is 1. The van der Waals surface area contributed by atoms with Gasteiger partial charge in [0.05, 0.1) is 0 Å². The molecule has 0 amide bonds. The van der Waals surface area contributed by atoms with Crippen molar-refractivity contribution >= 4 is 0 Å². The van der Waals surface area contributed by atoms with Crippen LogP contribution in [-0.2, 0) is 0 Å². The monoisotopic (exact) mass is 181 g/mol. The summed E-state index contributed by atoms with van der Waals surface area (Å²) in [6.45, 7) is 0. The Labute approximate surface area is 78.8 Å². The normalized spacial score (nSPS) is 16.5. The molecule has 0 aliphatic heterocycles. The van der Waals surface area contributed by atoms with Crippen LogP contribution in [0.2, 0.25) is 0 Å². The second-order valence-electron chi connectivity index (χ2n) is 3.34. The summed E-state index contributed by atoms with van der Waals surface area (Å²) in [4.78, 5) is 0. The fourth-order valence-electron chi connectivity index (χ4n) is 1.37. The van der Waals surface area contributed by atoms with Crippen LogP contribution >= 0.6 is 0 Å². The lowest BCUT2D eigenvalue weighted by Crippen LogP contribution is -2.13. The van der Waals surface area contributed by atoms with Gasteiger partial charge in [-0.2, -0.15) is 0 Å². The Morgan fingerprint density at radius 2 is 1.62 bits per heavy atom. The van der Waals surface area contributed by atoms with E-state index in [0.717, 1.165) is 0 Å². The second kappa shape index (κ2) is 5.70. The van der Waals surface area contributed by atoms with E-state index in [-0.39, 0.29) is 5.82 Å². The van der Waals surface area contributed by atoms with Gasteiger partial charge in [0.1, 0.15) is 5.82 Å².